The smallest absolute Gasteiger partial charge is 0.254 e. The van der Waals surface area contributed by atoms with Crippen molar-refractivity contribution in [1.29, 1.82) is 0 Å². The van der Waals surface area contributed by atoms with E-state index in [-0.39, 0.29) is 43.8 Å². The van der Waals surface area contributed by atoms with E-state index in [0.29, 0.717) is 29.8 Å². The number of halogens is 2. The summed E-state index contributed by atoms with van der Waals surface area (Å²) in [4.78, 5) is 24.6. The van der Waals surface area contributed by atoms with Crippen LogP contribution in [0.25, 0.3) is 0 Å². The topological polar surface area (TPSA) is 79.5 Å². The number of piperidine rings is 1. The molecule has 0 aromatic heterocycles. The van der Waals surface area contributed by atoms with E-state index in [1.807, 2.05) is 6.92 Å². The van der Waals surface area contributed by atoms with Crippen molar-refractivity contribution in [1.82, 2.24) is 16.0 Å². The number of alkyl halides is 2. The number of hydrogen-bond acceptors (Lipinski definition) is 4. The second-order valence-electron chi connectivity index (χ2n) is 7.18. The number of carbonyl (C=O) groups excluding carboxylic acids is 2. The molecule has 2 atom stereocenters. The van der Waals surface area contributed by atoms with Gasteiger partial charge in [0.05, 0.1) is 5.56 Å². The van der Waals surface area contributed by atoms with Crippen molar-refractivity contribution in [3.63, 3.8) is 0 Å². The van der Waals surface area contributed by atoms with E-state index < -0.39 is 11.8 Å². The Kier molecular flexibility index (Phi) is 5.64. The fraction of sp³-hybridized carbons (Fsp3) is 0.579. The molecule has 2 heterocycles. The van der Waals surface area contributed by atoms with Crippen LogP contribution in [0, 0.1) is 5.92 Å². The van der Waals surface area contributed by atoms with E-state index in [1.54, 1.807) is 6.07 Å². The van der Waals surface area contributed by atoms with Gasteiger partial charge in [0.15, 0.2) is 0 Å². The van der Waals surface area contributed by atoms with Crippen molar-refractivity contribution in [3.8, 4) is 5.75 Å². The van der Waals surface area contributed by atoms with Crippen molar-refractivity contribution >= 4 is 11.8 Å². The van der Waals surface area contributed by atoms with Gasteiger partial charge in [0.1, 0.15) is 11.9 Å². The maximum absolute atomic E-state index is 13.9. The van der Waals surface area contributed by atoms with Crippen LogP contribution >= 0.6 is 0 Å². The van der Waals surface area contributed by atoms with Gasteiger partial charge in [0.25, 0.3) is 17.7 Å². The Bertz CT molecular complexity index is 739. The molecule has 0 saturated carbocycles. The van der Waals surface area contributed by atoms with Crippen LogP contribution in [-0.2, 0) is 6.42 Å². The van der Waals surface area contributed by atoms with Gasteiger partial charge in [-0.25, -0.2) is 8.78 Å². The Morgan fingerprint density at radius 3 is 2.81 bits per heavy atom. The molecule has 0 aliphatic carbocycles. The predicted molar refractivity (Wildman–Crippen MR) is 96.5 cm³/mol. The molecule has 0 radical (unpaired) electrons. The summed E-state index contributed by atoms with van der Waals surface area (Å²) in [7, 11) is 1.51. The lowest BCUT2D eigenvalue weighted by molar-refractivity contribution is -0.0801. The summed E-state index contributed by atoms with van der Waals surface area (Å²) >= 11 is 0. The molecule has 0 bridgehead atoms. The molecule has 0 spiro atoms. The molecule has 2 unspecified atom stereocenters. The minimum atomic E-state index is -2.70. The molecule has 1 fully saturated rings. The first-order chi connectivity index (χ1) is 12.8. The molecule has 148 valence electrons. The molecular weight excluding hydrogens is 356 g/mol. The van der Waals surface area contributed by atoms with E-state index in [2.05, 4.69) is 16.0 Å². The molecule has 2 aliphatic rings. The first-order valence-corrected chi connectivity index (χ1v) is 9.24. The Morgan fingerprint density at radius 2 is 2.11 bits per heavy atom. The largest absolute Gasteiger partial charge is 0.489 e. The molecular formula is C19H25F2N3O3. The van der Waals surface area contributed by atoms with Gasteiger partial charge >= 0.3 is 0 Å². The minimum absolute atomic E-state index is 0.0669. The van der Waals surface area contributed by atoms with E-state index >= 15 is 0 Å². The molecule has 27 heavy (non-hydrogen) atoms. The van der Waals surface area contributed by atoms with Crippen LogP contribution in [0.1, 0.15) is 46.0 Å². The highest BCUT2D eigenvalue weighted by molar-refractivity contribution is 6.02. The van der Waals surface area contributed by atoms with Crippen molar-refractivity contribution in [3.05, 3.63) is 28.8 Å². The third-order valence-electron chi connectivity index (χ3n) is 5.13. The second kappa shape index (κ2) is 7.80. The Hall–Kier alpha value is -2.22. The van der Waals surface area contributed by atoms with Crippen molar-refractivity contribution < 1.29 is 23.1 Å². The lowest BCUT2D eigenvalue weighted by atomic mass is 9.92. The highest BCUT2D eigenvalue weighted by Crippen LogP contribution is 2.34. The molecule has 1 aromatic carbocycles. The van der Waals surface area contributed by atoms with Gasteiger partial charge < -0.3 is 20.7 Å². The molecule has 6 nitrogen and oxygen atoms in total. The molecule has 2 amide bonds. The Morgan fingerprint density at radius 1 is 1.33 bits per heavy atom. The average Bonchev–Trinajstić information content (AvgIpc) is 3.01. The quantitative estimate of drug-likeness (QED) is 0.726. The number of fused-ring (bicyclic) bond motifs is 1. The molecule has 1 saturated heterocycles. The third kappa shape index (κ3) is 4.21. The van der Waals surface area contributed by atoms with Crippen LogP contribution in [0.15, 0.2) is 12.1 Å². The number of ether oxygens (including phenoxy) is 1. The number of hydrogen-bond donors (Lipinski definition) is 3. The lowest BCUT2D eigenvalue weighted by Crippen LogP contribution is -2.45. The first-order valence-electron chi connectivity index (χ1n) is 9.24. The van der Waals surface area contributed by atoms with Crippen LogP contribution < -0.4 is 20.7 Å². The first kappa shape index (κ1) is 19.5. The normalized spacial score (nSPS) is 23.3. The SMILES string of the molecule is CNC(=O)c1cc(C(=O)NCCC2CNCCC2(F)F)cc2c1OC(C)C2. The summed E-state index contributed by atoms with van der Waals surface area (Å²) in [6, 6.07) is 3.19. The Balaban J connectivity index is 1.68. The van der Waals surface area contributed by atoms with Crippen molar-refractivity contribution in [2.45, 2.75) is 38.2 Å². The van der Waals surface area contributed by atoms with Gasteiger partial charge in [-0.2, -0.15) is 0 Å². The molecule has 3 N–H and O–H groups in total. The summed E-state index contributed by atoms with van der Waals surface area (Å²) < 4.78 is 33.4. The maximum Gasteiger partial charge on any atom is 0.254 e. The van der Waals surface area contributed by atoms with Gasteiger partial charge in [0, 0.05) is 51.0 Å². The van der Waals surface area contributed by atoms with E-state index in [1.165, 1.54) is 13.1 Å². The van der Waals surface area contributed by atoms with Gasteiger partial charge in [-0.3, -0.25) is 9.59 Å². The summed E-state index contributed by atoms with van der Waals surface area (Å²) in [5.41, 5.74) is 1.45. The monoisotopic (exact) mass is 381 g/mol. The summed E-state index contributed by atoms with van der Waals surface area (Å²) in [5.74, 6) is -3.70. The number of amides is 2. The van der Waals surface area contributed by atoms with Crippen LogP contribution in [0.2, 0.25) is 0 Å². The fourth-order valence-corrected chi connectivity index (χ4v) is 3.63. The summed E-state index contributed by atoms with van der Waals surface area (Å²) in [6.45, 7) is 2.61. The number of rotatable bonds is 5. The van der Waals surface area contributed by atoms with Crippen LogP contribution in [0.5, 0.6) is 5.75 Å². The van der Waals surface area contributed by atoms with E-state index in [0.717, 1.165) is 5.56 Å². The van der Waals surface area contributed by atoms with E-state index in [4.69, 9.17) is 4.74 Å². The number of benzene rings is 1. The molecule has 2 aliphatic heterocycles. The standard InChI is InChI=1S/C19H25F2N3O3/c1-11-7-12-8-13(9-15(16(12)27-11)18(26)22-2)17(25)24-5-3-14-10-23-6-4-19(14,20)21/h8-9,11,14,23H,3-7,10H2,1-2H3,(H,22,26)(H,24,25). The molecule has 8 heteroatoms. The minimum Gasteiger partial charge on any atom is -0.489 e. The second-order valence-corrected chi connectivity index (χ2v) is 7.18. The maximum atomic E-state index is 13.9. The third-order valence-corrected chi connectivity index (χ3v) is 5.13. The number of carbonyl (C=O) groups is 2. The molecule has 1 aromatic rings. The summed E-state index contributed by atoms with van der Waals surface area (Å²) in [6.07, 6.45) is 0.562. The highest BCUT2D eigenvalue weighted by atomic mass is 19.3. The van der Waals surface area contributed by atoms with Crippen LogP contribution in [0.4, 0.5) is 8.78 Å². The van der Waals surface area contributed by atoms with Gasteiger partial charge in [-0.15, -0.1) is 0 Å². The zero-order valence-corrected chi connectivity index (χ0v) is 15.5. The summed E-state index contributed by atoms with van der Waals surface area (Å²) in [5, 5.41) is 8.21. The fourth-order valence-electron chi connectivity index (χ4n) is 3.63. The molecule has 3 rings (SSSR count). The van der Waals surface area contributed by atoms with Crippen LogP contribution in [0.3, 0.4) is 0 Å². The zero-order chi connectivity index (χ0) is 19.6. The highest BCUT2D eigenvalue weighted by Gasteiger charge is 2.40. The van der Waals surface area contributed by atoms with Gasteiger partial charge in [-0.1, -0.05) is 0 Å². The van der Waals surface area contributed by atoms with Crippen LogP contribution in [-0.4, -0.2) is 50.5 Å². The lowest BCUT2D eigenvalue weighted by Gasteiger charge is -2.31. The van der Waals surface area contributed by atoms with E-state index in [9.17, 15) is 18.4 Å². The van der Waals surface area contributed by atoms with Crippen molar-refractivity contribution in [2.24, 2.45) is 5.92 Å². The average molecular weight is 381 g/mol. The van der Waals surface area contributed by atoms with Gasteiger partial charge in [-0.05, 0) is 31.0 Å². The predicted octanol–water partition coefficient (Wildman–Crippen LogP) is 1.73. The zero-order valence-electron chi connectivity index (χ0n) is 15.5. The number of nitrogens with one attached hydrogen (secondary N) is 3. The Labute approximate surface area is 157 Å². The van der Waals surface area contributed by atoms with Crippen molar-refractivity contribution in [2.75, 3.05) is 26.7 Å². The van der Waals surface area contributed by atoms with Gasteiger partial charge in [0.2, 0.25) is 0 Å².